The maximum atomic E-state index is 11.8. The molecule has 0 saturated carbocycles. The molecular weight excluding hydrogens is 344 g/mol. The van der Waals surface area contributed by atoms with Crippen LogP contribution in [0.25, 0.3) is 10.6 Å². The summed E-state index contributed by atoms with van der Waals surface area (Å²) in [7, 11) is 0. The van der Waals surface area contributed by atoms with E-state index in [2.05, 4.69) is 9.72 Å². The normalized spacial score (nSPS) is 10.2. The average molecular weight is 362 g/mol. The smallest absolute Gasteiger partial charge is 0.413 e. The van der Waals surface area contributed by atoms with Gasteiger partial charge in [-0.15, -0.1) is 11.3 Å². The molecule has 0 bridgehead atoms. The summed E-state index contributed by atoms with van der Waals surface area (Å²) in [6.45, 7) is 3.21. The molecule has 0 aliphatic rings. The number of aromatic nitrogens is 1. The lowest BCUT2D eigenvalue weighted by molar-refractivity contribution is -0.147. The summed E-state index contributed by atoms with van der Waals surface area (Å²) < 4.78 is 9.37. The second kappa shape index (κ2) is 8.93. The van der Waals surface area contributed by atoms with E-state index in [4.69, 9.17) is 4.74 Å². The van der Waals surface area contributed by atoms with Crippen LogP contribution in [0.5, 0.6) is 0 Å². The number of amides is 2. The molecule has 0 atom stereocenters. The number of rotatable bonds is 6. The molecule has 2 aromatic rings. The number of benzene rings is 1. The molecule has 2 amide bonds. The predicted octanol–water partition coefficient (Wildman–Crippen LogP) is 2.48. The van der Waals surface area contributed by atoms with Crippen molar-refractivity contribution in [3.8, 4) is 10.6 Å². The van der Waals surface area contributed by atoms with Gasteiger partial charge in [-0.3, -0.25) is 14.9 Å². The molecule has 7 nitrogen and oxygen atoms in total. The molecule has 1 heterocycles. The van der Waals surface area contributed by atoms with Crippen LogP contribution in [0.15, 0.2) is 29.6 Å². The van der Waals surface area contributed by atoms with Crippen molar-refractivity contribution >= 4 is 29.3 Å². The second-order valence-electron chi connectivity index (χ2n) is 5.12. The lowest BCUT2D eigenvalue weighted by Crippen LogP contribution is -2.34. The number of hydrogen-bond acceptors (Lipinski definition) is 7. The third-order valence-corrected chi connectivity index (χ3v) is 4.00. The summed E-state index contributed by atoms with van der Waals surface area (Å²) in [4.78, 5) is 38.6. The number of ether oxygens (including phenoxy) is 2. The van der Waals surface area contributed by atoms with Gasteiger partial charge in [-0.05, 0) is 13.8 Å². The zero-order valence-electron chi connectivity index (χ0n) is 13.9. The van der Waals surface area contributed by atoms with Gasteiger partial charge in [0.05, 0.1) is 18.7 Å². The highest BCUT2D eigenvalue weighted by atomic mass is 32.1. The Hall–Kier alpha value is -2.74. The first-order chi connectivity index (χ1) is 12.0. The Morgan fingerprint density at radius 1 is 1.16 bits per heavy atom. The number of nitrogens with zero attached hydrogens (tertiary/aromatic N) is 1. The predicted molar refractivity (Wildman–Crippen MR) is 92.1 cm³/mol. The molecule has 0 unspecified atom stereocenters. The van der Waals surface area contributed by atoms with Crippen molar-refractivity contribution in [1.82, 2.24) is 10.3 Å². The Morgan fingerprint density at radius 2 is 1.88 bits per heavy atom. The molecule has 1 aromatic heterocycles. The number of hydrogen-bond donors (Lipinski definition) is 1. The van der Waals surface area contributed by atoms with E-state index in [1.807, 2.05) is 36.5 Å². The molecule has 0 aliphatic carbocycles. The quantitative estimate of drug-likeness (QED) is 0.793. The molecule has 0 aliphatic heterocycles. The number of aryl methyl sites for hydroxylation is 1. The topological polar surface area (TPSA) is 94.6 Å². The van der Waals surface area contributed by atoms with Crippen molar-refractivity contribution in [3.63, 3.8) is 0 Å². The van der Waals surface area contributed by atoms with Crippen molar-refractivity contribution in [3.05, 3.63) is 40.9 Å². The van der Waals surface area contributed by atoms with Gasteiger partial charge in [-0.2, -0.15) is 0 Å². The minimum absolute atomic E-state index is 0.0466. The summed E-state index contributed by atoms with van der Waals surface area (Å²) >= 11 is 1.43. The minimum atomic E-state index is -0.870. The largest absolute Gasteiger partial charge is 0.455 e. The number of carbonyl (C=O) groups is 3. The number of alkyl carbamates (subject to hydrolysis) is 1. The number of imide groups is 1. The molecule has 2 rings (SSSR count). The molecule has 0 saturated heterocycles. The molecule has 132 valence electrons. The monoisotopic (exact) mass is 362 g/mol. The fourth-order valence-electron chi connectivity index (χ4n) is 1.88. The Labute approximate surface area is 149 Å². The van der Waals surface area contributed by atoms with E-state index >= 15 is 0 Å². The summed E-state index contributed by atoms with van der Waals surface area (Å²) in [5.74, 6) is -1.34. The van der Waals surface area contributed by atoms with Gasteiger partial charge in [0.1, 0.15) is 5.01 Å². The fourth-order valence-corrected chi connectivity index (χ4v) is 2.70. The molecule has 1 aromatic carbocycles. The maximum absolute atomic E-state index is 11.8. The van der Waals surface area contributed by atoms with Crippen LogP contribution in [0, 0.1) is 6.92 Å². The minimum Gasteiger partial charge on any atom is -0.455 e. The van der Waals surface area contributed by atoms with Gasteiger partial charge in [-0.1, -0.05) is 29.8 Å². The van der Waals surface area contributed by atoms with Crippen molar-refractivity contribution in [2.45, 2.75) is 20.3 Å². The lowest BCUT2D eigenvalue weighted by atomic mass is 10.2. The van der Waals surface area contributed by atoms with Crippen LogP contribution in [0.2, 0.25) is 0 Å². The molecule has 0 fully saturated rings. The SMILES string of the molecule is CCOC(=O)NC(=O)COC(=O)Cc1csc(-c2ccc(C)cc2)n1. The molecule has 0 spiro atoms. The van der Waals surface area contributed by atoms with E-state index in [0.717, 1.165) is 16.1 Å². The Balaban J connectivity index is 1.82. The van der Waals surface area contributed by atoms with Crippen molar-refractivity contribution < 1.29 is 23.9 Å². The zero-order chi connectivity index (χ0) is 18.2. The van der Waals surface area contributed by atoms with Crippen LogP contribution in [0.4, 0.5) is 4.79 Å². The summed E-state index contributed by atoms with van der Waals surface area (Å²) in [5, 5.41) is 4.52. The standard InChI is InChI=1S/C17H18N2O5S/c1-3-23-17(22)19-14(20)9-24-15(21)8-13-10-25-16(18-13)12-6-4-11(2)5-7-12/h4-7,10H,3,8-9H2,1-2H3,(H,19,20,22). The van der Waals surface area contributed by atoms with Crippen LogP contribution >= 0.6 is 11.3 Å². The van der Waals surface area contributed by atoms with Gasteiger partial charge in [-0.25, -0.2) is 9.78 Å². The molecule has 8 heteroatoms. The highest BCUT2D eigenvalue weighted by Crippen LogP contribution is 2.24. The van der Waals surface area contributed by atoms with Gasteiger partial charge < -0.3 is 9.47 Å². The maximum Gasteiger partial charge on any atom is 0.413 e. The Bertz CT molecular complexity index is 755. The van der Waals surface area contributed by atoms with Crippen LogP contribution < -0.4 is 5.32 Å². The van der Waals surface area contributed by atoms with Gasteiger partial charge in [0.25, 0.3) is 5.91 Å². The number of nitrogens with one attached hydrogen (secondary N) is 1. The zero-order valence-corrected chi connectivity index (χ0v) is 14.7. The van der Waals surface area contributed by atoms with E-state index in [0.29, 0.717) is 5.69 Å². The van der Waals surface area contributed by atoms with Gasteiger partial charge >= 0.3 is 12.1 Å². The van der Waals surface area contributed by atoms with Crippen LogP contribution in [0.1, 0.15) is 18.2 Å². The van der Waals surface area contributed by atoms with E-state index in [1.165, 1.54) is 11.3 Å². The first-order valence-corrected chi connectivity index (χ1v) is 8.49. The number of thiazole rings is 1. The van der Waals surface area contributed by atoms with E-state index in [1.54, 1.807) is 12.3 Å². The Kier molecular flexibility index (Phi) is 6.64. The first-order valence-electron chi connectivity index (χ1n) is 7.61. The van der Waals surface area contributed by atoms with Crippen LogP contribution in [-0.2, 0) is 25.5 Å². The summed E-state index contributed by atoms with van der Waals surface area (Å²) in [5.41, 5.74) is 2.70. The van der Waals surface area contributed by atoms with Crippen molar-refractivity contribution in [2.75, 3.05) is 13.2 Å². The van der Waals surface area contributed by atoms with Gasteiger partial charge in [0.2, 0.25) is 0 Å². The highest BCUT2D eigenvalue weighted by Gasteiger charge is 2.13. The van der Waals surface area contributed by atoms with Crippen molar-refractivity contribution in [2.24, 2.45) is 0 Å². The van der Waals surface area contributed by atoms with Crippen molar-refractivity contribution in [1.29, 1.82) is 0 Å². The van der Waals surface area contributed by atoms with E-state index < -0.39 is 24.6 Å². The van der Waals surface area contributed by atoms with E-state index in [-0.39, 0.29) is 13.0 Å². The highest BCUT2D eigenvalue weighted by molar-refractivity contribution is 7.13. The molecule has 0 radical (unpaired) electrons. The summed E-state index contributed by atoms with van der Waals surface area (Å²) in [6, 6.07) is 7.92. The molecule has 1 N–H and O–H groups in total. The Morgan fingerprint density at radius 3 is 2.56 bits per heavy atom. The number of carbonyl (C=O) groups excluding carboxylic acids is 3. The average Bonchev–Trinajstić information content (AvgIpc) is 3.02. The lowest BCUT2D eigenvalue weighted by Gasteiger charge is -2.05. The third kappa shape index (κ3) is 6.00. The first kappa shape index (κ1) is 18.6. The molecular formula is C17H18N2O5S. The van der Waals surface area contributed by atoms with Gasteiger partial charge in [0, 0.05) is 10.9 Å². The summed E-state index contributed by atoms with van der Waals surface area (Å²) in [6.07, 6.45) is -0.916. The molecule has 25 heavy (non-hydrogen) atoms. The van der Waals surface area contributed by atoms with E-state index in [9.17, 15) is 14.4 Å². The van der Waals surface area contributed by atoms with Gasteiger partial charge in [0.15, 0.2) is 6.61 Å². The van der Waals surface area contributed by atoms with Crippen LogP contribution in [-0.4, -0.2) is 36.2 Å². The second-order valence-corrected chi connectivity index (χ2v) is 5.97. The van der Waals surface area contributed by atoms with Crippen LogP contribution in [0.3, 0.4) is 0 Å². The fraction of sp³-hybridized carbons (Fsp3) is 0.294. The number of esters is 1. The third-order valence-electron chi connectivity index (χ3n) is 3.06.